The minimum Gasteiger partial charge on any atom is -0.497 e. The van der Waals surface area contributed by atoms with Crippen LogP contribution < -0.4 is 4.74 Å². The van der Waals surface area contributed by atoms with Crippen LogP contribution in [0.5, 0.6) is 5.75 Å². The number of H-pyrrole nitrogens is 1. The number of nitrogens with zero attached hydrogens (tertiary/aromatic N) is 2. The summed E-state index contributed by atoms with van der Waals surface area (Å²) >= 11 is 0. The molecule has 0 saturated carbocycles. The van der Waals surface area contributed by atoms with Crippen molar-refractivity contribution in [2.24, 2.45) is 0 Å². The van der Waals surface area contributed by atoms with Gasteiger partial charge in [0.1, 0.15) is 11.4 Å². The lowest BCUT2D eigenvalue weighted by atomic mass is 9.89. The van der Waals surface area contributed by atoms with Gasteiger partial charge in [-0.05, 0) is 49.4 Å². The number of nitrogens with one attached hydrogen (secondary N) is 1. The molecule has 4 aromatic rings. The van der Waals surface area contributed by atoms with Crippen LogP contribution in [0.3, 0.4) is 0 Å². The van der Waals surface area contributed by atoms with Crippen molar-refractivity contribution < 1.29 is 14.1 Å². The number of hydrogen-bond donors (Lipinski definition) is 1. The SMILES string of the molecule is COc1ccc2[nH]cc(C3CCN(C(=O)c4cc(-c5ccc(C)cc5)no4)CC3)c2c1. The van der Waals surface area contributed by atoms with Crippen molar-refractivity contribution in [2.45, 2.75) is 25.7 Å². The number of rotatable bonds is 4. The first-order valence-corrected chi connectivity index (χ1v) is 10.6. The smallest absolute Gasteiger partial charge is 0.292 e. The van der Waals surface area contributed by atoms with Gasteiger partial charge in [-0.15, -0.1) is 0 Å². The Morgan fingerprint density at radius 1 is 1.13 bits per heavy atom. The van der Waals surface area contributed by atoms with Gasteiger partial charge in [0.25, 0.3) is 5.91 Å². The zero-order valence-corrected chi connectivity index (χ0v) is 17.7. The fourth-order valence-corrected chi connectivity index (χ4v) is 4.37. The van der Waals surface area contributed by atoms with E-state index >= 15 is 0 Å². The Labute approximate surface area is 180 Å². The van der Waals surface area contributed by atoms with Gasteiger partial charge in [0, 0.05) is 41.8 Å². The standard InChI is InChI=1S/C25H25N3O3/c1-16-3-5-18(6-4-16)23-14-24(31-27-23)25(29)28-11-9-17(10-12-28)21-15-26-22-8-7-19(30-2)13-20(21)22/h3-8,13-15,17,26H,9-12H2,1-2H3. The molecule has 6 nitrogen and oxygen atoms in total. The number of fused-ring (bicyclic) bond motifs is 1. The van der Waals surface area contributed by atoms with Crippen LogP contribution in [-0.2, 0) is 0 Å². The number of hydrogen-bond acceptors (Lipinski definition) is 4. The molecule has 6 heteroatoms. The molecule has 0 radical (unpaired) electrons. The summed E-state index contributed by atoms with van der Waals surface area (Å²) in [6.45, 7) is 3.43. The molecule has 1 fully saturated rings. The molecule has 1 aliphatic heterocycles. The predicted molar refractivity (Wildman–Crippen MR) is 119 cm³/mol. The van der Waals surface area contributed by atoms with E-state index in [9.17, 15) is 4.79 Å². The van der Waals surface area contributed by atoms with Crippen molar-refractivity contribution in [2.75, 3.05) is 20.2 Å². The molecule has 158 valence electrons. The Hall–Kier alpha value is -3.54. The first kappa shape index (κ1) is 19.4. The summed E-state index contributed by atoms with van der Waals surface area (Å²) < 4.78 is 10.8. The summed E-state index contributed by atoms with van der Waals surface area (Å²) in [6, 6.07) is 15.9. The van der Waals surface area contributed by atoms with Crippen LogP contribution in [-0.4, -0.2) is 41.1 Å². The Kier molecular flexibility index (Phi) is 4.98. The minimum atomic E-state index is -0.0927. The molecule has 3 heterocycles. The maximum atomic E-state index is 13.0. The minimum absolute atomic E-state index is 0.0927. The largest absolute Gasteiger partial charge is 0.497 e. The Morgan fingerprint density at radius 2 is 1.90 bits per heavy atom. The van der Waals surface area contributed by atoms with Crippen LogP contribution in [0.15, 0.2) is 59.3 Å². The highest BCUT2D eigenvalue weighted by Crippen LogP contribution is 2.35. The van der Waals surface area contributed by atoms with Crippen molar-refractivity contribution in [3.63, 3.8) is 0 Å². The van der Waals surface area contributed by atoms with E-state index in [1.807, 2.05) is 48.2 Å². The van der Waals surface area contributed by atoms with Gasteiger partial charge in [-0.3, -0.25) is 4.79 Å². The van der Waals surface area contributed by atoms with Gasteiger partial charge in [0.2, 0.25) is 5.76 Å². The second-order valence-electron chi connectivity index (χ2n) is 8.16. The van der Waals surface area contributed by atoms with Gasteiger partial charge in [-0.25, -0.2) is 0 Å². The lowest BCUT2D eigenvalue weighted by molar-refractivity contribution is 0.0671. The molecular formula is C25H25N3O3. The summed E-state index contributed by atoms with van der Waals surface area (Å²) in [6.07, 6.45) is 3.92. The predicted octanol–water partition coefficient (Wildman–Crippen LogP) is 5.16. The van der Waals surface area contributed by atoms with Gasteiger partial charge in [-0.2, -0.15) is 0 Å². The molecule has 1 aliphatic rings. The van der Waals surface area contributed by atoms with Crippen LogP contribution in [0.1, 0.15) is 40.4 Å². The second kappa shape index (κ2) is 7.95. The van der Waals surface area contributed by atoms with E-state index in [2.05, 4.69) is 22.4 Å². The summed E-state index contributed by atoms with van der Waals surface area (Å²) in [7, 11) is 1.69. The normalized spacial score (nSPS) is 14.8. The summed E-state index contributed by atoms with van der Waals surface area (Å²) in [5.74, 6) is 1.47. The van der Waals surface area contributed by atoms with E-state index in [4.69, 9.17) is 9.26 Å². The van der Waals surface area contributed by atoms with Crippen molar-refractivity contribution in [3.8, 4) is 17.0 Å². The van der Waals surface area contributed by atoms with Crippen LogP contribution in [0.2, 0.25) is 0 Å². The molecule has 0 bridgehead atoms. The molecule has 0 atom stereocenters. The number of carbonyl (C=O) groups is 1. The molecular weight excluding hydrogens is 390 g/mol. The van der Waals surface area contributed by atoms with Crippen LogP contribution in [0.4, 0.5) is 0 Å². The number of aromatic amines is 1. The summed E-state index contributed by atoms with van der Waals surface area (Å²) in [4.78, 5) is 18.2. The molecule has 2 aromatic carbocycles. The molecule has 1 saturated heterocycles. The van der Waals surface area contributed by atoms with E-state index in [0.29, 0.717) is 30.5 Å². The molecule has 5 rings (SSSR count). The lowest BCUT2D eigenvalue weighted by Gasteiger charge is -2.31. The number of likely N-dealkylation sites (tertiary alicyclic amines) is 1. The van der Waals surface area contributed by atoms with Crippen LogP contribution in [0, 0.1) is 6.92 Å². The van der Waals surface area contributed by atoms with Crippen molar-refractivity contribution in [1.82, 2.24) is 15.0 Å². The number of ether oxygens (including phenoxy) is 1. The number of carbonyl (C=O) groups excluding carboxylic acids is 1. The lowest BCUT2D eigenvalue weighted by Crippen LogP contribution is -2.37. The molecule has 1 amide bonds. The Balaban J connectivity index is 1.28. The van der Waals surface area contributed by atoms with Crippen molar-refractivity contribution in [1.29, 1.82) is 0 Å². The van der Waals surface area contributed by atoms with Gasteiger partial charge in [0.15, 0.2) is 0 Å². The molecule has 2 aromatic heterocycles. The fourth-order valence-electron chi connectivity index (χ4n) is 4.37. The first-order chi connectivity index (χ1) is 15.1. The topological polar surface area (TPSA) is 71.4 Å². The molecule has 0 spiro atoms. The highest BCUT2D eigenvalue weighted by Gasteiger charge is 2.28. The quantitative estimate of drug-likeness (QED) is 0.500. The van der Waals surface area contributed by atoms with E-state index < -0.39 is 0 Å². The zero-order valence-electron chi connectivity index (χ0n) is 17.7. The van der Waals surface area contributed by atoms with E-state index in [-0.39, 0.29) is 5.91 Å². The van der Waals surface area contributed by atoms with Crippen molar-refractivity contribution >= 4 is 16.8 Å². The third-order valence-electron chi connectivity index (χ3n) is 6.21. The number of amides is 1. The fraction of sp³-hybridized carbons (Fsp3) is 0.280. The number of benzene rings is 2. The molecule has 0 unspecified atom stereocenters. The monoisotopic (exact) mass is 415 g/mol. The van der Waals surface area contributed by atoms with Gasteiger partial charge < -0.3 is 19.1 Å². The third kappa shape index (κ3) is 3.69. The Morgan fingerprint density at radius 3 is 2.65 bits per heavy atom. The first-order valence-electron chi connectivity index (χ1n) is 10.6. The highest BCUT2D eigenvalue weighted by atomic mass is 16.5. The van der Waals surface area contributed by atoms with Gasteiger partial charge >= 0.3 is 0 Å². The number of aromatic nitrogens is 2. The third-order valence-corrected chi connectivity index (χ3v) is 6.21. The van der Waals surface area contributed by atoms with Crippen molar-refractivity contribution in [3.05, 3.63) is 71.6 Å². The summed E-state index contributed by atoms with van der Waals surface area (Å²) in [5, 5.41) is 5.30. The summed E-state index contributed by atoms with van der Waals surface area (Å²) in [5.41, 5.74) is 5.22. The van der Waals surface area contributed by atoms with E-state index in [1.54, 1.807) is 13.2 Å². The maximum absolute atomic E-state index is 13.0. The van der Waals surface area contributed by atoms with E-state index in [1.165, 1.54) is 16.5 Å². The zero-order chi connectivity index (χ0) is 21.4. The number of aryl methyl sites for hydroxylation is 1. The molecule has 0 aliphatic carbocycles. The van der Waals surface area contributed by atoms with Crippen LogP contribution in [0.25, 0.3) is 22.2 Å². The van der Waals surface area contributed by atoms with Gasteiger partial charge in [-0.1, -0.05) is 35.0 Å². The van der Waals surface area contributed by atoms with E-state index in [0.717, 1.165) is 29.7 Å². The average molecular weight is 415 g/mol. The average Bonchev–Trinajstić information content (AvgIpc) is 3.46. The van der Waals surface area contributed by atoms with Crippen LogP contribution >= 0.6 is 0 Å². The number of methoxy groups -OCH3 is 1. The molecule has 31 heavy (non-hydrogen) atoms. The Bertz CT molecular complexity index is 1210. The second-order valence-corrected chi connectivity index (χ2v) is 8.16. The number of piperidine rings is 1. The highest BCUT2D eigenvalue weighted by molar-refractivity contribution is 5.92. The molecule has 1 N–H and O–H groups in total. The maximum Gasteiger partial charge on any atom is 0.292 e. The van der Waals surface area contributed by atoms with Gasteiger partial charge in [0.05, 0.1) is 7.11 Å².